The molecule has 2 fully saturated rings. The third-order valence-corrected chi connectivity index (χ3v) is 5.68. The molecular formula is C20H25N5O2. The van der Waals surface area contributed by atoms with Gasteiger partial charge in [-0.3, -0.25) is 14.5 Å². The lowest BCUT2D eigenvalue weighted by Crippen LogP contribution is -2.38. The summed E-state index contributed by atoms with van der Waals surface area (Å²) < 4.78 is 0. The molecule has 1 aromatic heterocycles. The average molecular weight is 367 g/mol. The molecule has 4 N–H and O–H groups in total. The summed E-state index contributed by atoms with van der Waals surface area (Å²) in [7, 11) is 0. The zero-order valence-electron chi connectivity index (χ0n) is 15.2. The Morgan fingerprint density at radius 3 is 2.93 bits per heavy atom. The predicted molar refractivity (Wildman–Crippen MR) is 103 cm³/mol. The molecule has 2 saturated heterocycles. The minimum absolute atomic E-state index is 0.00515. The predicted octanol–water partition coefficient (Wildman–Crippen LogP) is 1.24. The lowest BCUT2D eigenvalue weighted by molar-refractivity contribution is -0.125. The number of aromatic nitrogens is 2. The molecule has 2 aliphatic heterocycles. The van der Waals surface area contributed by atoms with Crippen LogP contribution >= 0.6 is 0 Å². The number of rotatable bonds is 5. The van der Waals surface area contributed by atoms with E-state index in [-0.39, 0.29) is 23.2 Å². The van der Waals surface area contributed by atoms with Gasteiger partial charge in [0.05, 0.1) is 5.92 Å². The molecule has 0 bridgehead atoms. The fraction of sp³-hybridized carbons (Fsp3) is 0.450. The van der Waals surface area contributed by atoms with Gasteiger partial charge < -0.3 is 16.0 Å². The first-order chi connectivity index (χ1) is 13.1. The minimum Gasteiger partial charge on any atom is -0.383 e. The zero-order valence-corrected chi connectivity index (χ0v) is 15.2. The van der Waals surface area contributed by atoms with Crippen LogP contribution in [-0.4, -0.2) is 39.9 Å². The molecule has 7 nitrogen and oxygen atoms in total. The molecule has 27 heavy (non-hydrogen) atoms. The van der Waals surface area contributed by atoms with E-state index in [1.165, 1.54) is 11.6 Å². The first-order valence-corrected chi connectivity index (χ1v) is 9.56. The van der Waals surface area contributed by atoms with E-state index in [2.05, 4.69) is 44.5 Å². The summed E-state index contributed by atoms with van der Waals surface area (Å²) in [5.41, 5.74) is 6.62. The number of hydrogen-bond donors (Lipinski definition) is 3. The molecule has 3 heterocycles. The van der Waals surface area contributed by atoms with Crippen LogP contribution in [0.25, 0.3) is 0 Å². The quantitative estimate of drug-likeness (QED) is 0.737. The Labute approximate surface area is 158 Å². The molecule has 0 saturated carbocycles. The summed E-state index contributed by atoms with van der Waals surface area (Å²) in [6, 6.07) is 12.4. The number of nitrogens with zero attached hydrogens (tertiary/aromatic N) is 2. The van der Waals surface area contributed by atoms with Gasteiger partial charge in [-0.15, -0.1) is 0 Å². The van der Waals surface area contributed by atoms with Crippen molar-refractivity contribution in [1.29, 1.82) is 0 Å². The topological polar surface area (TPSA) is 104 Å². The number of amides is 1. The van der Waals surface area contributed by atoms with Gasteiger partial charge in [0, 0.05) is 31.1 Å². The summed E-state index contributed by atoms with van der Waals surface area (Å²) >= 11 is 0. The van der Waals surface area contributed by atoms with Crippen LogP contribution in [0.5, 0.6) is 0 Å². The Hall–Kier alpha value is -2.67. The molecule has 0 spiro atoms. The number of hydrogen-bond acceptors (Lipinski definition) is 5. The molecular weight excluding hydrogens is 342 g/mol. The van der Waals surface area contributed by atoms with Crippen LogP contribution in [-0.2, 0) is 11.2 Å². The number of nitrogen functional groups attached to an aromatic ring is 1. The molecule has 4 rings (SSSR count). The Kier molecular flexibility index (Phi) is 4.94. The van der Waals surface area contributed by atoms with E-state index in [0.717, 1.165) is 25.8 Å². The Morgan fingerprint density at radius 2 is 2.15 bits per heavy atom. The van der Waals surface area contributed by atoms with Crippen molar-refractivity contribution in [3.8, 4) is 0 Å². The van der Waals surface area contributed by atoms with E-state index >= 15 is 0 Å². The van der Waals surface area contributed by atoms with E-state index in [0.29, 0.717) is 30.9 Å². The van der Waals surface area contributed by atoms with E-state index in [1.807, 2.05) is 6.07 Å². The Morgan fingerprint density at radius 1 is 1.33 bits per heavy atom. The van der Waals surface area contributed by atoms with Crippen molar-refractivity contribution in [3.63, 3.8) is 0 Å². The highest BCUT2D eigenvalue weighted by Gasteiger charge is 2.46. The monoisotopic (exact) mass is 367 g/mol. The molecule has 1 aromatic carbocycles. The Bertz CT molecular complexity index is 866. The van der Waals surface area contributed by atoms with Gasteiger partial charge >= 0.3 is 0 Å². The number of anilines is 1. The highest BCUT2D eigenvalue weighted by molar-refractivity contribution is 5.80. The lowest BCUT2D eigenvalue weighted by atomic mass is 9.93. The first-order valence-electron chi connectivity index (χ1n) is 9.56. The second kappa shape index (κ2) is 7.52. The summed E-state index contributed by atoms with van der Waals surface area (Å²) in [5, 5.41) is 3.03. The van der Waals surface area contributed by atoms with Gasteiger partial charge in [-0.2, -0.15) is 0 Å². The minimum atomic E-state index is -0.271. The number of benzene rings is 1. The van der Waals surface area contributed by atoms with Crippen molar-refractivity contribution < 1.29 is 4.79 Å². The van der Waals surface area contributed by atoms with E-state index < -0.39 is 0 Å². The zero-order chi connectivity index (χ0) is 18.8. The first kappa shape index (κ1) is 17.7. The number of nitrogens with one attached hydrogen (secondary N) is 2. The maximum Gasteiger partial charge on any atom is 0.252 e. The third-order valence-electron chi connectivity index (χ3n) is 5.68. The number of carbonyl (C=O) groups excluding carboxylic acids is 1. The van der Waals surface area contributed by atoms with Crippen LogP contribution in [0.15, 0.2) is 41.2 Å². The van der Waals surface area contributed by atoms with Crippen molar-refractivity contribution in [3.05, 3.63) is 58.1 Å². The molecule has 3 atom stereocenters. The number of fused-ring (bicyclic) bond motifs is 1. The van der Waals surface area contributed by atoms with Crippen molar-refractivity contribution in [2.75, 3.05) is 18.8 Å². The maximum absolute atomic E-state index is 12.8. The molecule has 142 valence electrons. The second-order valence-electron chi connectivity index (χ2n) is 7.37. The van der Waals surface area contributed by atoms with Crippen molar-refractivity contribution in [1.82, 2.24) is 20.2 Å². The maximum atomic E-state index is 12.8. The number of nitrogens with two attached hydrogens (primary N) is 1. The van der Waals surface area contributed by atoms with Gasteiger partial charge in [0.25, 0.3) is 5.56 Å². The van der Waals surface area contributed by atoms with Crippen LogP contribution in [0.3, 0.4) is 0 Å². The molecule has 0 radical (unpaired) electrons. The van der Waals surface area contributed by atoms with Crippen molar-refractivity contribution in [2.24, 2.45) is 5.92 Å². The normalized spacial score (nSPS) is 24.7. The van der Waals surface area contributed by atoms with Crippen LogP contribution in [0.2, 0.25) is 0 Å². The second-order valence-corrected chi connectivity index (χ2v) is 7.37. The van der Waals surface area contributed by atoms with Crippen molar-refractivity contribution >= 4 is 11.7 Å². The number of H-pyrrole nitrogens is 1. The standard InChI is InChI=1S/C20H25N5O2/c21-17-12-19(26)24-18(23-17)8-9-22-20(27)14-11-16(13-5-2-1-3-6-13)25-10-4-7-15(14)25/h1-3,5-6,12,14-16H,4,7-11H2,(H,22,27)(H3,21,23,24,26)/t14-,15+,16-/m0/s1. The SMILES string of the molecule is Nc1cc(=O)[nH]c(CCNC(=O)[C@H]2C[C@@H](c3ccccc3)N3CCC[C@H]23)n1. The average Bonchev–Trinajstić information content (AvgIpc) is 3.24. The van der Waals surface area contributed by atoms with Gasteiger partial charge in [-0.1, -0.05) is 30.3 Å². The fourth-order valence-electron chi connectivity index (χ4n) is 4.53. The summed E-state index contributed by atoms with van der Waals surface area (Å²) in [6.45, 7) is 1.49. The van der Waals surface area contributed by atoms with Gasteiger partial charge in [0.2, 0.25) is 5.91 Å². The molecule has 0 unspecified atom stereocenters. The third kappa shape index (κ3) is 3.73. The molecule has 1 amide bonds. The summed E-state index contributed by atoms with van der Waals surface area (Å²) in [5.74, 6) is 0.793. The van der Waals surface area contributed by atoms with Gasteiger partial charge in [-0.25, -0.2) is 4.98 Å². The van der Waals surface area contributed by atoms with E-state index in [1.54, 1.807) is 0 Å². The highest BCUT2D eigenvalue weighted by atomic mass is 16.2. The largest absolute Gasteiger partial charge is 0.383 e. The highest BCUT2D eigenvalue weighted by Crippen LogP contribution is 2.44. The fourth-order valence-corrected chi connectivity index (χ4v) is 4.53. The lowest BCUT2D eigenvalue weighted by Gasteiger charge is -2.24. The smallest absolute Gasteiger partial charge is 0.252 e. The molecule has 2 aliphatic rings. The van der Waals surface area contributed by atoms with Crippen LogP contribution in [0.1, 0.15) is 36.7 Å². The molecule has 2 aromatic rings. The van der Waals surface area contributed by atoms with Crippen LogP contribution in [0, 0.1) is 5.92 Å². The van der Waals surface area contributed by atoms with E-state index in [9.17, 15) is 9.59 Å². The number of aromatic amines is 1. The summed E-state index contributed by atoms with van der Waals surface area (Å²) in [6.07, 6.45) is 3.53. The number of carbonyl (C=O) groups is 1. The van der Waals surface area contributed by atoms with Crippen LogP contribution in [0.4, 0.5) is 5.82 Å². The molecule has 0 aliphatic carbocycles. The van der Waals surface area contributed by atoms with Gasteiger partial charge in [-0.05, 0) is 31.4 Å². The molecule has 7 heteroatoms. The van der Waals surface area contributed by atoms with E-state index in [4.69, 9.17) is 5.73 Å². The van der Waals surface area contributed by atoms with Crippen molar-refractivity contribution in [2.45, 2.75) is 37.8 Å². The summed E-state index contributed by atoms with van der Waals surface area (Å²) in [4.78, 5) is 33.5. The van der Waals surface area contributed by atoms with Gasteiger partial charge in [0.15, 0.2) is 0 Å². The Balaban J connectivity index is 1.39. The van der Waals surface area contributed by atoms with Crippen LogP contribution < -0.4 is 16.6 Å². The van der Waals surface area contributed by atoms with Gasteiger partial charge in [0.1, 0.15) is 11.6 Å².